The average molecular weight is 1940 g/mol. The van der Waals surface area contributed by atoms with E-state index in [0.717, 1.165) is 182 Å². The van der Waals surface area contributed by atoms with Crippen LogP contribution in [-0.4, -0.2) is 4.98 Å². The zero-order chi connectivity index (χ0) is 101. The van der Waals surface area contributed by atoms with Gasteiger partial charge >= 0.3 is 0 Å². The Balaban J connectivity index is 0.000000106. The number of para-hydroxylation sites is 3. The van der Waals surface area contributed by atoms with Gasteiger partial charge in [0.2, 0.25) is 28.1 Å². The van der Waals surface area contributed by atoms with Crippen molar-refractivity contribution in [1.29, 1.82) is 0 Å². The molecule has 3 fully saturated rings. The fourth-order valence-corrected chi connectivity index (χ4v) is 24.7. The lowest BCUT2D eigenvalue weighted by atomic mass is 9.82. The van der Waals surface area contributed by atoms with Gasteiger partial charge in [-0.1, -0.05) is 318 Å². The van der Waals surface area contributed by atoms with E-state index in [9.17, 15) is 0 Å². The molecule has 720 valence electrons. The number of rotatable bonds is 11. The van der Waals surface area contributed by atoms with Crippen LogP contribution in [0.25, 0.3) is 240 Å². The largest absolute Gasteiger partial charge is 0.456 e. The van der Waals surface area contributed by atoms with Gasteiger partial charge in [0.15, 0.2) is 34.5 Å². The lowest BCUT2D eigenvalue weighted by Crippen LogP contribution is -2.33. The fourth-order valence-electron chi connectivity index (χ4n) is 24.7. The van der Waals surface area contributed by atoms with Crippen molar-refractivity contribution >= 4 is 154 Å². The summed E-state index contributed by atoms with van der Waals surface area (Å²) in [6.07, 6.45) is 22.3. The predicted molar refractivity (Wildman–Crippen MR) is 608 cm³/mol. The number of furan rings is 4. The van der Waals surface area contributed by atoms with E-state index < -0.39 is 0 Å². The van der Waals surface area contributed by atoms with Gasteiger partial charge < -0.3 is 17.7 Å². The Hall–Kier alpha value is -17.8. The summed E-state index contributed by atoms with van der Waals surface area (Å²) in [5, 5.41) is 14.8. The Bertz CT molecular complexity index is 9710. The second-order valence-corrected chi connectivity index (χ2v) is 40.8. The Kier molecular flexibility index (Phi) is 24.7. The van der Waals surface area contributed by atoms with Gasteiger partial charge in [0.25, 0.3) is 6.33 Å². The molecule has 0 atom stereocenters. The Labute approximate surface area is 866 Å². The number of aromatic nitrogens is 5. The lowest BCUT2D eigenvalue weighted by molar-refractivity contribution is -0.662. The van der Waals surface area contributed by atoms with E-state index in [0.29, 0.717) is 40.5 Å². The summed E-state index contributed by atoms with van der Waals surface area (Å²) in [5.74, 6) is 1.86. The van der Waals surface area contributed by atoms with Crippen molar-refractivity contribution in [2.45, 2.75) is 135 Å². The van der Waals surface area contributed by atoms with Crippen LogP contribution < -0.4 is 18.3 Å². The first-order valence-corrected chi connectivity index (χ1v) is 52.3. The maximum Gasteiger partial charge on any atom is 0.287 e. The summed E-state index contributed by atoms with van der Waals surface area (Å²) in [4.78, 5) is 20.0. The van der Waals surface area contributed by atoms with Gasteiger partial charge in [-0.25, -0.2) is 28.5 Å². The van der Waals surface area contributed by atoms with Crippen molar-refractivity contribution in [1.82, 2.24) is 4.98 Å². The van der Waals surface area contributed by atoms with Crippen LogP contribution in [0.5, 0.6) is 0 Å². The fraction of sp³-hybridized carbons (Fsp3) is 0.184. The smallest absolute Gasteiger partial charge is 0.287 e. The normalized spacial score (nSPS) is 13.6. The van der Waals surface area contributed by atoms with Gasteiger partial charge in [-0.05, 0) is 186 Å². The highest BCUT2D eigenvalue weighted by Crippen LogP contribution is 2.53. The molecule has 3 saturated carbocycles. The molecule has 0 spiro atoms. The van der Waals surface area contributed by atoms with Gasteiger partial charge in [0.1, 0.15) is 71.5 Å². The quantitative estimate of drug-likeness (QED) is 0.0949. The minimum Gasteiger partial charge on any atom is -0.456 e. The Morgan fingerprint density at radius 1 is 0.262 bits per heavy atom. The van der Waals surface area contributed by atoms with E-state index in [1.807, 2.05) is 165 Å². The van der Waals surface area contributed by atoms with Gasteiger partial charge in [0, 0.05) is 106 Å². The molecule has 0 N–H and O–H groups in total. The molecule has 149 heavy (non-hydrogen) atoms. The van der Waals surface area contributed by atoms with Gasteiger partial charge in [-0.2, -0.15) is 9.13 Å². The molecule has 0 saturated heterocycles. The molecular weight excluding hydrogens is 1820 g/mol. The summed E-state index contributed by atoms with van der Waals surface area (Å²) in [6.45, 7) is 39.9. The maximum absolute atomic E-state index is 7.86. The number of fused-ring (bicyclic) bond motifs is 16. The number of benzene rings is 16. The average Bonchev–Trinajstić information content (AvgIpc) is 1.64. The van der Waals surface area contributed by atoms with Crippen LogP contribution in [0, 0.1) is 54.0 Å². The minimum absolute atomic E-state index is 0.588. The van der Waals surface area contributed by atoms with Gasteiger partial charge in [-0.3, -0.25) is 0 Å². The highest BCUT2D eigenvalue weighted by molar-refractivity contribution is 6.21. The third kappa shape index (κ3) is 16.4. The van der Waals surface area contributed by atoms with Crippen molar-refractivity contribution in [3.8, 4) is 89.5 Å². The third-order valence-corrected chi connectivity index (χ3v) is 32.1. The minimum atomic E-state index is 0.588. The van der Waals surface area contributed by atoms with Crippen molar-refractivity contribution in [3.05, 3.63) is 425 Å². The van der Waals surface area contributed by atoms with Gasteiger partial charge in [-0.15, -0.1) is 0 Å². The zero-order valence-electron chi connectivity index (χ0n) is 85.1. The second kappa shape index (κ2) is 39.3. The standard InChI is InChI=1S/2C36H31N2O.C35H29N2O.C29H20N3O/c1-23-18-19-27-28-20-21-30(37-2)34(25-14-8-5-9-15-25)36(28)39-35(27)33(23)32-22-29(24-12-6-4-7-13-24)26-16-10-11-17-31(26)38(32)3;1-23-14-16-29-30-18-19-31(37-2)33(25-12-8-5-9-13-25)36(30)39-35(29)32(23)34-28-17-15-26(24-10-6-4-7-11-24)22-27(28)20-21-38(34)3;1-22-17-18-26-27-19-20-29(36-2)33(24-13-5-4-6-14-24)35(27)38-34(26)32(22)31-21-28(23-11-7-8-12-23)25-15-9-10-16-30(25)37(31)3;1-18-13-14-20-21-15-16-24(30-2)26(19-9-5-4-6-10-19)29(21)33-28(20)25(18)27-22-11-7-8-12-23(22)31-17-32(27)3/h5,8-11,14-22,24H,4,6-7,12-13H2,1,3H3;5,8-9,12-22,24H,4,6-7,10-11H2,1,3H3;4-6,9-10,13-21,23H,7-8,11-12H2,1,3H3;4-17H,1,3H3/q4*+1. The molecular formula is C136H111N9O4+4. The molecule has 16 aromatic carbocycles. The first kappa shape index (κ1) is 93.6. The van der Waals surface area contributed by atoms with Crippen LogP contribution in [0.1, 0.15) is 147 Å². The lowest BCUT2D eigenvalue weighted by Gasteiger charge is -2.23. The van der Waals surface area contributed by atoms with Crippen LogP contribution in [0.3, 0.4) is 0 Å². The predicted octanol–water partition coefficient (Wildman–Crippen LogP) is 36.2. The van der Waals surface area contributed by atoms with E-state index in [1.54, 1.807) is 0 Å². The van der Waals surface area contributed by atoms with Gasteiger partial charge in [0.05, 0.1) is 66.4 Å². The molecule has 0 aliphatic heterocycles. The highest BCUT2D eigenvalue weighted by atomic mass is 16.3. The molecule has 13 nitrogen and oxygen atoms in total. The maximum atomic E-state index is 7.86. The number of aryl methyl sites for hydroxylation is 8. The van der Waals surface area contributed by atoms with Crippen molar-refractivity contribution in [3.63, 3.8) is 0 Å². The first-order chi connectivity index (χ1) is 73.1. The topological polar surface area (TPSA) is 98.4 Å². The molecule has 27 rings (SSSR count). The van der Waals surface area contributed by atoms with E-state index in [1.165, 1.54) is 167 Å². The van der Waals surface area contributed by atoms with Crippen LogP contribution in [0.4, 0.5) is 22.7 Å². The molecule has 0 bridgehead atoms. The Morgan fingerprint density at radius 2 is 0.557 bits per heavy atom. The molecule has 8 aromatic heterocycles. The van der Waals surface area contributed by atoms with Crippen LogP contribution in [-0.2, 0) is 28.2 Å². The summed E-state index contributed by atoms with van der Waals surface area (Å²) in [7, 11) is 8.48. The van der Waals surface area contributed by atoms with Crippen LogP contribution in [0.15, 0.2) is 358 Å². The van der Waals surface area contributed by atoms with Crippen molar-refractivity contribution < 1.29 is 35.9 Å². The summed E-state index contributed by atoms with van der Waals surface area (Å²) in [6, 6.07) is 114. The zero-order valence-corrected chi connectivity index (χ0v) is 85.1. The second-order valence-electron chi connectivity index (χ2n) is 40.8. The van der Waals surface area contributed by atoms with E-state index in [2.05, 4.69) is 274 Å². The molecule has 0 amide bonds. The number of pyridine rings is 3. The molecule has 0 radical (unpaired) electrons. The summed E-state index contributed by atoms with van der Waals surface area (Å²) in [5.41, 5.74) is 38.0. The summed E-state index contributed by atoms with van der Waals surface area (Å²) < 4.78 is 36.1. The Morgan fingerprint density at radius 3 is 0.926 bits per heavy atom. The molecule has 0 unspecified atom stereocenters. The number of hydrogen-bond donors (Lipinski definition) is 0. The number of nitrogens with zero attached hydrogens (tertiary/aromatic N) is 9. The van der Waals surface area contributed by atoms with Crippen molar-refractivity contribution in [2.75, 3.05) is 0 Å². The van der Waals surface area contributed by atoms with Crippen LogP contribution >= 0.6 is 0 Å². The molecule has 3 aliphatic rings. The molecule has 3 aliphatic carbocycles. The van der Waals surface area contributed by atoms with Crippen molar-refractivity contribution in [2.24, 2.45) is 28.2 Å². The third-order valence-electron chi connectivity index (χ3n) is 32.1. The van der Waals surface area contributed by atoms with E-state index >= 15 is 0 Å². The first-order valence-electron chi connectivity index (χ1n) is 52.3. The molecule has 8 heterocycles. The molecule has 24 aromatic rings. The van der Waals surface area contributed by atoms with E-state index in [4.69, 9.17) is 44.0 Å². The van der Waals surface area contributed by atoms with Crippen LogP contribution in [0.2, 0.25) is 0 Å². The monoisotopic (exact) mass is 1930 g/mol. The highest BCUT2D eigenvalue weighted by Gasteiger charge is 2.35. The summed E-state index contributed by atoms with van der Waals surface area (Å²) >= 11 is 0. The SMILES string of the molecule is [C-]#[N+]c1ccc2c(oc3c(-c4c5ccc(C6CCCCC6)cc5cc[n+]4C)c(C)ccc32)c1-c1ccccc1.[C-]#[N+]c1ccc2c(oc3c(-c4c5ccccc5nc[n+]4C)c(C)ccc32)c1-c1ccccc1.[C-]#[N+]c1ccc2c(oc3c(-c4cc(C5CCCC5)c5ccccc5[n+]4C)c(C)ccc32)c1-c1ccccc1.[C-]#[N+]c1ccc2c(oc3c(-c4cc(C5CCCCC5)c5ccccc5[n+]4C)c(C)ccc32)c1-c1ccccc1. The number of hydrogen-bond acceptors (Lipinski definition) is 5. The van der Waals surface area contributed by atoms with E-state index in [-0.39, 0.29) is 0 Å². The molecule has 13 heteroatoms.